The molecule has 0 bridgehead atoms. The molecule has 1 aliphatic rings. The molecule has 1 aliphatic heterocycles. The molecule has 1 saturated heterocycles. The zero-order valence-electron chi connectivity index (χ0n) is 19.2. The van der Waals surface area contributed by atoms with Gasteiger partial charge in [0.05, 0.1) is 12.3 Å². The van der Waals surface area contributed by atoms with Gasteiger partial charge >= 0.3 is 0 Å². The van der Waals surface area contributed by atoms with Crippen LogP contribution in [0.25, 0.3) is 0 Å². The molecule has 5 nitrogen and oxygen atoms in total. The number of carbonyl (C=O) groups excluding carboxylic acids is 2. The summed E-state index contributed by atoms with van der Waals surface area (Å²) in [7, 11) is 0. The van der Waals surface area contributed by atoms with Crippen LogP contribution in [0.3, 0.4) is 0 Å². The second-order valence-corrected chi connectivity index (χ2v) is 9.81. The number of amides is 2. The highest BCUT2D eigenvalue weighted by molar-refractivity contribution is 8.00. The lowest BCUT2D eigenvalue weighted by molar-refractivity contribution is -0.128. The van der Waals surface area contributed by atoms with E-state index in [1.807, 2.05) is 73.3 Å². The molecule has 2 amide bonds. The van der Waals surface area contributed by atoms with E-state index in [4.69, 9.17) is 16.3 Å². The summed E-state index contributed by atoms with van der Waals surface area (Å²) in [5, 5.41) is 3.50. The van der Waals surface area contributed by atoms with Gasteiger partial charge in [-0.2, -0.15) is 0 Å². The number of hydrogen-bond donors (Lipinski definition) is 1. The number of nitrogens with zero attached hydrogens (tertiary/aromatic N) is 1. The Morgan fingerprint density at radius 3 is 2.56 bits per heavy atom. The second kappa shape index (κ2) is 11.0. The van der Waals surface area contributed by atoms with Gasteiger partial charge in [-0.25, -0.2) is 0 Å². The topological polar surface area (TPSA) is 58.6 Å². The molecule has 7 heteroatoms. The molecule has 1 N–H and O–H groups in total. The highest BCUT2D eigenvalue weighted by atomic mass is 35.5. The van der Waals surface area contributed by atoms with Gasteiger partial charge in [-0.1, -0.05) is 48.0 Å². The van der Waals surface area contributed by atoms with Crippen LogP contribution in [0.2, 0.25) is 5.02 Å². The summed E-state index contributed by atoms with van der Waals surface area (Å²) in [5.41, 5.74) is 4.82. The number of aryl methyl sites for hydroxylation is 2. The van der Waals surface area contributed by atoms with Crippen LogP contribution >= 0.6 is 23.4 Å². The van der Waals surface area contributed by atoms with Crippen molar-refractivity contribution < 1.29 is 14.3 Å². The molecule has 0 aliphatic carbocycles. The second-order valence-electron chi connectivity index (χ2n) is 8.31. The summed E-state index contributed by atoms with van der Waals surface area (Å²) in [4.78, 5) is 26.9. The molecule has 0 unspecified atom stereocenters. The zero-order chi connectivity index (χ0) is 24.1. The van der Waals surface area contributed by atoms with E-state index in [1.54, 1.807) is 23.9 Å². The van der Waals surface area contributed by atoms with Gasteiger partial charge in [0.1, 0.15) is 17.7 Å². The fourth-order valence-electron chi connectivity index (χ4n) is 3.78. The van der Waals surface area contributed by atoms with Crippen LogP contribution in [-0.2, 0) is 11.3 Å². The number of ether oxygens (including phenoxy) is 1. The fraction of sp³-hybridized carbons (Fsp3) is 0.259. The van der Waals surface area contributed by atoms with E-state index in [0.29, 0.717) is 36.0 Å². The smallest absolute Gasteiger partial charge is 0.251 e. The Hall–Kier alpha value is -2.96. The van der Waals surface area contributed by atoms with Crippen molar-refractivity contribution in [3.63, 3.8) is 0 Å². The van der Waals surface area contributed by atoms with Gasteiger partial charge < -0.3 is 15.0 Å². The summed E-state index contributed by atoms with van der Waals surface area (Å²) in [6.07, 6.45) is 0. The van der Waals surface area contributed by atoms with Crippen molar-refractivity contribution >= 4 is 35.2 Å². The first-order valence-corrected chi connectivity index (χ1v) is 12.6. The maximum absolute atomic E-state index is 12.5. The Bertz CT molecular complexity index is 1170. The third-order valence-corrected chi connectivity index (χ3v) is 7.19. The summed E-state index contributed by atoms with van der Waals surface area (Å²) in [6.45, 7) is 5.36. The van der Waals surface area contributed by atoms with Gasteiger partial charge in [0, 0.05) is 17.1 Å². The normalized spacial score (nSPS) is 15.4. The number of nitrogens with one attached hydrogen (secondary N) is 1. The van der Waals surface area contributed by atoms with E-state index < -0.39 is 0 Å². The Morgan fingerprint density at radius 1 is 1.09 bits per heavy atom. The largest absolute Gasteiger partial charge is 0.491 e. The van der Waals surface area contributed by atoms with Crippen molar-refractivity contribution in [1.29, 1.82) is 0 Å². The fourth-order valence-corrected chi connectivity index (χ4v) is 5.09. The van der Waals surface area contributed by atoms with Crippen molar-refractivity contribution in [3.8, 4) is 5.75 Å². The quantitative estimate of drug-likeness (QED) is 0.418. The Balaban J connectivity index is 1.32. The molecule has 0 spiro atoms. The lowest BCUT2D eigenvalue weighted by Gasteiger charge is -2.24. The number of carbonyl (C=O) groups is 2. The molecule has 0 saturated carbocycles. The average molecular weight is 495 g/mol. The maximum atomic E-state index is 12.5. The first kappa shape index (κ1) is 24.2. The number of halogens is 1. The van der Waals surface area contributed by atoms with E-state index >= 15 is 0 Å². The highest BCUT2D eigenvalue weighted by Gasteiger charge is 2.32. The third-order valence-electron chi connectivity index (χ3n) is 5.68. The molecule has 0 radical (unpaired) electrons. The minimum absolute atomic E-state index is 0.0775. The van der Waals surface area contributed by atoms with Gasteiger partial charge in [0.2, 0.25) is 5.91 Å². The van der Waals surface area contributed by atoms with Crippen molar-refractivity contribution in [3.05, 3.63) is 99.6 Å². The number of rotatable bonds is 8. The maximum Gasteiger partial charge on any atom is 0.251 e. The van der Waals surface area contributed by atoms with E-state index in [1.165, 1.54) is 0 Å². The zero-order valence-corrected chi connectivity index (χ0v) is 20.8. The van der Waals surface area contributed by atoms with Gasteiger partial charge in [0.15, 0.2) is 0 Å². The molecule has 1 atom stereocenters. The molecule has 1 fully saturated rings. The summed E-state index contributed by atoms with van der Waals surface area (Å²) < 4.78 is 5.81. The van der Waals surface area contributed by atoms with Crippen LogP contribution < -0.4 is 10.1 Å². The SMILES string of the molecule is Cc1ccc(C)c(OCCNC(=O)c2ccc([C@@H]3SCC(=O)N3Cc3ccc(Cl)cc3)cc2)c1. The highest BCUT2D eigenvalue weighted by Crippen LogP contribution is 2.39. The number of hydrogen-bond acceptors (Lipinski definition) is 4. The van der Waals surface area contributed by atoms with Crippen LogP contribution in [0, 0.1) is 13.8 Å². The van der Waals surface area contributed by atoms with Crippen molar-refractivity contribution in [2.45, 2.75) is 25.8 Å². The van der Waals surface area contributed by atoms with E-state index in [9.17, 15) is 9.59 Å². The Kier molecular flexibility index (Phi) is 7.80. The van der Waals surface area contributed by atoms with Crippen LogP contribution in [0.5, 0.6) is 5.75 Å². The monoisotopic (exact) mass is 494 g/mol. The lowest BCUT2D eigenvalue weighted by atomic mass is 10.1. The summed E-state index contributed by atoms with van der Waals surface area (Å²) in [5.74, 6) is 1.24. The van der Waals surface area contributed by atoms with Crippen LogP contribution in [0.1, 0.15) is 38.0 Å². The molecular weight excluding hydrogens is 468 g/mol. The molecule has 4 rings (SSSR count). The first-order chi connectivity index (χ1) is 16.4. The lowest BCUT2D eigenvalue weighted by Crippen LogP contribution is -2.28. The van der Waals surface area contributed by atoms with Crippen LogP contribution in [-0.4, -0.2) is 35.6 Å². The standard InChI is InChI=1S/C27H27ClN2O3S/c1-18-3-4-19(2)24(15-18)33-14-13-29-26(32)21-7-9-22(10-8-21)27-30(25(31)17-34-27)16-20-5-11-23(28)12-6-20/h3-12,15,27H,13-14,16-17H2,1-2H3,(H,29,32)/t27-/m0/s1. The molecule has 3 aromatic rings. The minimum Gasteiger partial charge on any atom is -0.491 e. The van der Waals surface area contributed by atoms with E-state index in [2.05, 4.69) is 5.32 Å². The van der Waals surface area contributed by atoms with Gasteiger partial charge in [-0.15, -0.1) is 11.8 Å². The van der Waals surface area contributed by atoms with Crippen LogP contribution in [0.15, 0.2) is 66.7 Å². The Morgan fingerprint density at radius 2 is 1.82 bits per heavy atom. The molecule has 0 aromatic heterocycles. The molecule has 3 aromatic carbocycles. The van der Waals surface area contributed by atoms with Crippen LogP contribution in [0.4, 0.5) is 0 Å². The molecular formula is C27H27ClN2O3S. The summed E-state index contributed by atoms with van der Waals surface area (Å²) in [6, 6.07) is 21.1. The number of benzene rings is 3. The molecule has 176 valence electrons. The third kappa shape index (κ3) is 5.93. The Labute approximate surface area is 209 Å². The van der Waals surface area contributed by atoms with Crippen molar-refractivity contribution in [1.82, 2.24) is 10.2 Å². The predicted molar refractivity (Wildman–Crippen MR) is 137 cm³/mol. The van der Waals surface area contributed by atoms with E-state index in [0.717, 1.165) is 28.0 Å². The van der Waals surface area contributed by atoms with Crippen molar-refractivity contribution in [2.75, 3.05) is 18.9 Å². The number of thioether (sulfide) groups is 1. The summed E-state index contributed by atoms with van der Waals surface area (Å²) >= 11 is 7.58. The first-order valence-electron chi connectivity index (χ1n) is 11.1. The van der Waals surface area contributed by atoms with E-state index in [-0.39, 0.29) is 17.2 Å². The van der Waals surface area contributed by atoms with Gasteiger partial charge in [-0.3, -0.25) is 9.59 Å². The minimum atomic E-state index is -0.149. The molecule has 1 heterocycles. The molecule has 34 heavy (non-hydrogen) atoms. The van der Waals surface area contributed by atoms with Gasteiger partial charge in [-0.05, 0) is 66.4 Å². The van der Waals surface area contributed by atoms with Gasteiger partial charge in [0.25, 0.3) is 5.91 Å². The average Bonchev–Trinajstić information content (AvgIpc) is 3.20. The predicted octanol–water partition coefficient (Wildman–Crippen LogP) is 5.54. The van der Waals surface area contributed by atoms with Crippen molar-refractivity contribution in [2.24, 2.45) is 0 Å².